The normalized spacial score (nSPS) is 17.0. The molecule has 22 heavy (non-hydrogen) atoms. The lowest BCUT2D eigenvalue weighted by Crippen LogP contribution is -2.45. The summed E-state index contributed by atoms with van der Waals surface area (Å²) >= 11 is 0. The number of anilines is 2. The van der Waals surface area contributed by atoms with Crippen molar-refractivity contribution in [2.45, 2.75) is 20.0 Å². The summed E-state index contributed by atoms with van der Waals surface area (Å²) in [5, 5.41) is 4.03. The van der Waals surface area contributed by atoms with Gasteiger partial charge in [-0.25, -0.2) is 0 Å². The van der Waals surface area contributed by atoms with E-state index in [1.807, 2.05) is 13.0 Å². The van der Waals surface area contributed by atoms with Gasteiger partial charge in [-0.2, -0.15) is 15.0 Å². The Kier molecular flexibility index (Phi) is 4.16. The number of rotatable bonds is 4. The Hall–Kier alpha value is -2.26. The van der Waals surface area contributed by atoms with E-state index in [1.165, 1.54) is 0 Å². The Balaban J connectivity index is 1.51. The zero-order valence-corrected chi connectivity index (χ0v) is 12.6. The molecule has 0 aromatic carbocycles. The molecule has 1 aliphatic heterocycles. The molecule has 0 radical (unpaired) electrons. The molecule has 2 aromatic heterocycles. The Morgan fingerprint density at radius 2 is 1.59 bits per heavy atom. The Labute approximate surface area is 128 Å². The van der Waals surface area contributed by atoms with Crippen LogP contribution in [0.1, 0.15) is 17.3 Å². The summed E-state index contributed by atoms with van der Waals surface area (Å²) in [4.78, 5) is 16.6. The van der Waals surface area contributed by atoms with Crippen molar-refractivity contribution in [1.29, 1.82) is 0 Å². The summed E-state index contributed by atoms with van der Waals surface area (Å²) in [6, 6.07) is 1.97. The maximum absolute atomic E-state index is 5.59. The molecule has 2 aromatic rings. The van der Waals surface area contributed by atoms with Gasteiger partial charge in [0.05, 0.1) is 12.2 Å². The van der Waals surface area contributed by atoms with E-state index in [-0.39, 0.29) is 11.9 Å². The molecule has 1 aliphatic rings. The second-order valence-corrected chi connectivity index (χ2v) is 5.45. The van der Waals surface area contributed by atoms with Gasteiger partial charge in [-0.15, -0.1) is 0 Å². The van der Waals surface area contributed by atoms with E-state index in [0.717, 1.165) is 44.2 Å². The topological polar surface area (TPSA) is 123 Å². The maximum atomic E-state index is 5.59. The molecule has 0 spiro atoms. The number of aromatic nitrogens is 4. The van der Waals surface area contributed by atoms with Crippen molar-refractivity contribution in [3.05, 3.63) is 23.3 Å². The van der Waals surface area contributed by atoms with Crippen molar-refractivity contribution in [3.63, 3.8) is 0 Å². The highest BCUT2D eigenvalue weighted by atomic mass is 16.5. The molecule has 118 valence electrons. The Morgan fingerprint density at radius 3 is 2.14 bits per heavy atom. The number of aryl methyl sites for hydroxylation is 1. The van der Waals surface area contributed by atoms with E-state index in [1.54, 1.807) is 0 Å². The summed E-state index contributed by atoms with van der Waals surface area (Å²) in [5.41, 5.74) is 12.2. The second-order valence-electron chi connectivity index (χ2n) is 5.45. The molecule has 0 saturated carbocycles. The van der Waals surface area contributed by atoms with Crippen LogP contribution >= 0.6 is 0 Å². The zero-order valence-electron chi connectivity index (χ0n) is 12.6. The highest BCUT2D eigenvalue weighted by Gasteiger charge is 2.19. The second kappa shape index (κ2) is 6.24. The van der Waals surface area contributed by atoms with Crippen LogP contribution in [0.4, 0.5) is 11.9 Å². The van der Waals surface area contributed by atoms with Crippen molar-refractivity contribution in [2.24, 2.45) is 0 Å². The fourth-order valence-electron chi connectivity index (χ4n) is 2.55. The molecule has 0 atom stereocenters. The standard InChI is InChI=1S/C13H20N8O/c1-9-6-10(19-22-9)7-20-2-4-21(5-3-20)8-11-16-12(14)18-13(15)17-11/h6H,2-5,7-8H2,1H3,(H4,14,15,16,17,18). The molecule has 0 unspecified atom stereocenters. The van der Waals surface area contributed by atoms with Crippen molar-refractivity contribution in [3.8, 4) is 0 Å². The van der Waals surface area contributed by atoms with Gasteiger partial charge >= 0.3 is 0 Å². The van der Waals surface area contributed by atoms with E-state index in [0.29, 0.717) is 12.4 Å². The average molecular weight is 304 g/mol. The van der Waals surface area contributed by atoms with Crippen LogP contribution in [-0.2, 0) is 13.1 Å². The molecule has 0 aliphatic carbocycles. The number of hydrogen-bond donors (Lipinski definition) is 2. The molecule has 0 bridgehead atoms. The predicted octanol–water partition coefficient (Wildman–Crippen LogP) is -0.350. The van der Waals surface area contributed by atoms with Crippen molar-refractivity contribution in [2.75, 3.05) is 37.6 Å². The lowest BCUT2D eigenvalue weighted by atomic mass is 10.2. The lowest BCUT2D eigenvalue weighted by molar-refractivity contribution is 0.118. The van der Waals surface area contributed by atoms with Gasteiger partial charge in [0.2, 0.25) is 11.9 Å². The van der Waals surface area contributed by atoms with Crippen LogP contribution in [0.15, 0.2) is 10.6 Å². The smallest absolute Gasteiger partial charge is 0.225 e. The zero-order chi connectivity index (χ0) is 15.5. The van der Waals surface area contributed by atoms with Crippen molar-refractivity contribution >= 4 is 11.9 Å². The Morgan fingerprint density at radius 1 is 1.00 bits per heavy atom. The predicted molar refractivity (Wildman–Crippen MR) is 80.4 cm³/mol. The van der Waals surface area contributed by atoms with E-state index < -0.39 is 0 Å². The molecule has 3 heterocycles. The molecule has 0 amide bonds. The summed E-state index contributed by atoms with van der Waals surface area (Å²) < 4.78 is 5.10. The number of nitrogen functional groups attached to an aromatic ring is 2. The minimum absolute atomic E-state index is 0.169. The summed E-state index contributed by atoms with van der Waals surface area (Å²) in [6.07, 6.45) is 0. The molecule has 4 N–H and O–H groups in total. The van der Waals surface area contributed by atoms with Crippen LogP contribution in [0.2, 0.25) is 0 Å². The van der Waals surface area contributed by atoms with Gasteiger partial charge in [-0.3, -0.25) is 9.80 Å². The highest BCUT2D eigenvalue weighted by Crippen LogP contribution is 2.11. The largest absolute Gasteiger partial charge is 0.368 e. The van der Waals surface area contributed by atoms with Crippen LogP contribution in [0.5, 0.6) is 0 Å². The first kappa shape index (κ1) is 14.7. The lowest BCUT2D eigenvalue weighted by Gasteiger charge is -2.33. The van der Waals surface area contributed by atoms with Gasteiger partial charge in [0.25, 0.3) is 0 Å². The van der Waals surface area contributed by atoms with Gasteiger partial charge in [0.15, 0.2) is 0 Å². The third kappa shape index (κ3) is 3.68. The van der Waals surface area contributed by atoms with Gasteiger partial charge in [0, 0.05) is 38.8 Å². The van der Waals surface area contributed by atoms with Crippen LogP contribution < -0.4 is 11.5 Å². The van der Waals surface area contributed by atoms with Gasteiger partial charge in [-0.1, -0.05) is 5.16 Å². The monoisotopic (exact) mass is 304 g/mol. The van der Waals surface area contributed by atoms with Gasteiger partial charge in [-0.05, 0) is 6.92 Å². The molecular formula is C13H20N8O. The van der Waals surface area contributed by atoms with Crippen LogP contribution in [0.25, 0.3) is 0 Å². The van der Waals surface area contributed by atoms with E-state index in [9.17, 15) is 0 Å². The highest BCUT2D eigenvalue weighted by molar-refractivity contribution is 5.25. The van der Waals surface area contributed by atoms with E-state index in [2.05, 4.69) is 29.9 Å². The summed E-state index contributed by atoms with van der Waals surface area (Å²) in [7, 11) is 0. The van der Waals surface area contributed by atoms with Crippen molar-refractivity contribution < 1.29 is 4.52 Å². The molecule has 1 saturated heterocycles. The summed E-state index contributed by atoms with van der Waals surface area (Å²) in [5.74, 6) is 1.80. The molecule has 9 nitrogen and oxygen atoms in total. The third-order valence-corrected chi connectivity index (χ3v) is 3.61. The van der Waals surface area contributed by atoms with E-state index >= 15 is 0 Å². The number of piperazine rings is 1. The third-order valence-electron chi connectivity index (χ3n) is 3.61. The first-order valence-corrected chi connectivity index (χ1v) is 7.21. The molecular weight excluding hydrogens is 284 g/mol. The van der Waals surface area contributed by atoms with Gasteiger partial charge in [0.1, 0.15) is 11.6 Å². The van der Waals surface area contributed by atoms with E-state index in [4.69, 9.17) is 16.0 Å². The first-order chi connectivity index (χ1) is 10.6. The number of nitrogens with zero attached hydrogens (tertiary/aromatic N) is 6. The molecule has 1 fully saturated rings. The number of hydrogen-bond acceptors (Lipinski definition) is 9. The number of nitrogens with two attached hydrogens (primary N) is 2. The Bertz CT molecular complexity index is 614. The minimum atomic E-state index is 0.169. The van der Waals surface area contributed by atoms with Crippen LogP contribution in [0.3, 0.4) is 0 Å². The fraction of sp³-hybridized carbons (Fsp3) is 0.538. The maximum Gasteiger partial charge on any atom is 0.225 e. The fourth-order valence-corrected chi connectivity index (χ4v) is 2.55. The quantitative estimate of drug-likeness (QED) is 0.780. The SMILES string of the molecule is Cc1cc(CN2CCN(Cc3nc(N)nc(N)n3)CC2)no1. The first-order valence-electron chi connectivity index (χ1n) is 7.21. The van der Waals surface area contributed by atoms with Crippen LogP contribution in [0, 0.1) is 6.92 Å². The molecule has 3 rings (SSSR count). The average Bonchev–Trinajstić information content (AvgIpc) is 2.85. The summed E-state index contributed by atoms with van der Waals surface area (Å²) in [6.45, 7) is 7.14. The minimum Gasteiger partial charge on any atom is -0.368 e. The van der Waals surface area contributed by atoms with Crippen molar-refractivity contribution in [1.82, 2.24) is 29.9 Å². The molecule has 9 heteroatoms. The van der Waals surface area contributed by atoms with Crippen LogP contribution in [-0.4, -0.2) is 56.1 Å². The van der Waals surface area contributed by atoms with Gasteiger partial charge < -0.3 is 16.0 Å².